The average Bonchev–Trinajstić information content (AvgIpc) is 2.95. The number of carbonyl (C=O) groups is 1. The van der Waals surface area contributed by atoms with Gasteiger partial charge >= 0.3 is 0 Å². The number of nitrogens with one attached hydrogen (secondary N) is 1. The van der Waals surface area contributed by atoms with Crippen LogP contribution in [0.2, 0.25) is 0 Å². The highest BCUT2D eigenvalue weighted by Gasteiger charge is 2.08. The highest BCUT2D eigenvalue weighted by Crippen LogP contribution is 2.16. The van der Waals surface area contributed by atoms with Crippen molar-refractivity contribution >= 4 is 17.2 Å². The van der Waals surface area contributed by atoms with Gasteiger partial charge in [0.1, 0.15) is 6.54 Å². The van der Waals surface area contributed by atoms with Gasteiger partial charge in [-0.3, -0.25) is 4.79 Å². The number of aromatic nitrogens is 4. The zero-order valence-corrected chi connectivity index (χ0v) is 9.72. The number of tetrazole rings is 1. The van der Waals surface area contributed by atoms with Crippen molar-refractivity contribution in [2.24, 2.45) is 0 Å². The number of nitrogens with zero attached hydrogens (tertiary/aromatic N) is 4. The van der Waals surface area contributed by atoms with E-state index in [1.807, 2.05) is 16.8 Å². The van der Waals surface area contributed by atoms with E-state index in [1.54, 1.807) is 11.3 Å². The van der Waals surface area contributed by atoms with Crippen molar-refractivity contribution in [2.75, 3.05) is 13.2 Å². The van der Waals surface area contributed by atoms with Gasteiger partial charge in [0, 0.05) is 17.5 Å². The number of hydrogen-bond acceptors (Lipinski definition) is 6. The summed E-state index contributed by atoms with van der Waals surface area (Å²) < 4.78 is 0. The molecule has 0 atom stereocenters. The summed E-state index contributed by atoms with van der Waals surface area (Å²) in [5.41, 5.74) is 0.886. The van der Waals surface area contributed by atoms with Crippen molar-refractivity contribution < 1.29 is 9.90 Å². The number of rotatable bonds is 5. The molecule has 2 heterocycles. The number of aliphatic hydroxyl groups is 1. The molecule has 7 nitrogen and oxygen atoms in total. The van der Waals surface area contributed by atoms with Crippen molar-refractivity contribution in [3.8, 4) is 11.4 Å². The first kappa shape index (κ1) is 11.7. The van der Waals surface area contributed by atoms with Gasteiger partial charge in [0.2, 0.25) is 11.7 Å². The highest BCUT2D eigenvalue weighted by atomic mass is 32.1. The summed E-state index contributed by atoms with van der Waals surface area (Å²) in [5, 5.41) is 26.6. The van der Waals surface area contributed by atoms with Gasteiger partial charge in [-0.25, -0.2) is 0 Å². The van der Waals surface area contributed by atoms with Gasteiger partial charge in [0.25, 0.3) is 0 Å². The SMILES string of the molecule is O=C(Cn1nnc(-c2ccsc2)n1)NCCO. The molecule has 0 fully saturated rings. The number of aliphatic hydroxyl groups excluding tert-OH is 1. The lowest BCUT2D eigenvalue weighted by Crippen LogP contribution is -2.30. The molecule has 1 amide bonds. The summed E-state index contributed by atoms with van der Waals surface area (Å²) in [4.78, 5) is 12.5. The Balaban J connectivity index is 1.97. The summed E-state index contributed by atoms with van der Waals surface area (Å²) in [7, 11) is 0. The average molecular weight is 253 g/mol. The van der Waals surface area contributed by atoms with Crippen LogP contribution in [-0.2, 0) is 11.3 Å². The molecule has 2 aromatic heterocycles. The standard InChI is InChI=1S/C9H11N5O2S/c15-3-2-10-8(16)5-14-12-9(11-13-14)7-1-4-17-6-7/h1,4,6,15H,2-3,5H2,(H,10,16). The van der Waals surface area contributed by atoms with Crippen LogP contribution in [0.15, 0.2) is 16.8 Å². The number of amides is 1. The minimum atomic E-state index is -0.256. The van der Waals surface area contributed by atoms with Gasteiger partial charge < -0.3 is 10.4 Å². The summed E-state index contributed by atoms with van der Waals surface area (Å²) in [6.45, 7) is 0.138. The van der Waals surface area contributed by atoms with Gasteiger partial charge in [-0.15, -0.1) is 10.2 Å². The molecule has 0 unspecified atom stereocenters. The van der Waals surface area contributed by atoms with E-state index in [2.05, 4.69) is 20.7 Å². The Kier molecular flexibility index (Phi) is 3.78. The highest BCUT2D eigenvalue weighted by molar-refractivity contribution is 7.08. The van der Waals surface area contributed by atoms with Crippen LogP contribution in [-0.4, -0.2) is 44.4 Å². The fourth-order valence-corrected chi connectivity index (χ4v) is 1.83. The Bertz CT molecular complexity index is 481. The Labute approximate surface area is 101 Å². The molecule has 0 radical (unpaired) electrons. The van der Waals surface area contributed by atoms with Crippen molar-refractivity contribution in [1.29, 1.82) is 0 Å². The molecule has 0 saturated heterocycles. The zero-order chi connectivity index (χ0) is 12.1. The molecule has 0 bridgehead atoms. The second kappa shape index (κ2) is 5.51. The molecule has 8 heteroatoms. The number of carbonyl (C=O) groups excluding carboxylic acids is 1. The lowest BCUT2D eigenvalue weighted by molar-refractivity contribution is -0.122. The molecule has 90 valence electrons. The van der Waals surface area contributed by atoms with Gasteiger partial charge in [0.15, 0.2) is 0 Å². The third-order valence-electron chi connectivity index (χ3n) is 1.95. The van der Waals surface area contributed by atoms with E-state index in [4.69, 9.17) is 5.11 Å². The molecule has 2 rings (SSSR count). The first-order valence-corrected chi connectivity index (χ1v) is 5.92. The predicted octanol–water partition coefficient (Wildman–Crippen LogP) is -0.490. The van der Waals surface area contributed by atoms with E-state index < -0.39 is 0 Å². The third-order valence-corrected chi connectivity index (χ3v) is 2.63. The Morgan fingerprint density at radius 3 is 3.18 bits per heavy atom. The first-order valence-electron chi connectivity index (χ1n) is 4.97. The first-order chi connectivity index (χ1) is 8.29. The topological polar surface area (TPSA) is 92.9 Å². The maximum Gasteiger partial charge on any atom is 0.243 e. The molecule has 0 aliphatic heterocycles. The van der Waals surface area contributed by atoms with E-state index in [-0.39, 0.29) is 25.6 Å². The van der Waals surface area contributed by atoms with Crippen LogP contribution >= 0.6 is 11.3 Å². The number of thiophene rings is 1. The van der Waals surface area contributed by atoms with Crippen LogP contribution in [0.4, 0.5) is 0 Å². The van der Waals surface area contributed by atoms with E-state index in [1.165, 1.54) is 4.80 Å². The monoisotopic (exact) mass is 253 g/mol. The van der Waals surface area contributed by atoms with Crippen LogP contribution in [0.5, 0.6) is 0 Å². The molecular weight excluding hydrogens is 242 g/mol. The Hall–Kier alpha value is -1.80. The zero-order valence-electron chi connectivity index (χ0n) is 8.91. The molecule has 0 aliphatic carbocycles. The molecule has 0 spiro atoms. The Morgan fingerprint density at radius 2 is 2.47 bits per heavy atom. The quantitative estimate of drug-likeness (QED) is 0.750. The van der Waals surface area contributed by atoms with Gasteiger partial charge in [-0.05, 0) is 16.7 Å². The van der Waals surface area contributed by atoms with Crippen molar-refractivity contribution in [2.45, 2.75) is 6.54 Å². The van der Waals surface area contributed by atoms with Gasteiger partial charge in [-0.2, -0.15) is 16.1 Å². The van der Waals surface area contributed by atoms with E-state index in [0.29, 0.717) is 5.82 Å². The fourth-order valence-electron chi connectivity index (χ4n) is 1.20. The van der Waals surface area contributed by atoms with Crippen LogP contribution in [0, 0.1) is 0 Å². The van der Waals surface area contributed by atoms with Crippen LogP contribution in [0.3, 0.4) is 0 Å². The largest absolute Gasteiger partial charge is 0.395 e. The van der Waals surface area contributed by atoms with Crippen molar-refractivity contribution in [3.63, 3.8) is 0 Å². The van der Waals surface area contributed by atoms with Crippen LogP contribution in [0.25, 0.3) is 11.4 Å². The molecule has 0 saturated carbocycles. The number of hydrogen-bond donors (Lipinski definition) is 2. The third kappa shape index (κ3) is 3.08. The van der Waals surface area contributed by atoms with Gasteiger partial charge in [0.05, 0.1) is 6.61 Å². The van der Waals surface area contributed by atoms with E-state index in [9.17, 15) is 4.79 Å². The van der Waals surface area contributed by atoms with Crippen molar-refractivity contribution in [3.05, 3.63) is 16.8 Å². The molecular formula is C9H11N5O2S. The normalized spacial score (nSPS) is 10.4. The second-order valence-electron chi connectivity index (χ2n) is 3.23. The summed E-state index contributed by atoms with van der Waals surface area (Å²) in [6.07, 6.45) is 0. The maximum atomic E-state index is 11.3. The lowest BCUT2D eigenvalue weighted by Gasteiger charge is -2.00. The van der Waals surface area contributed by atoms with E-state index >= 15 is 0 Å². The molecule has 0 aromatic carbocycles. The molecule has 2 N–H and O–H groups in total. The molecule has 2 aromatic rings. The Morgan fingerprint density at radius 1 is 1.59 bits per heavy atom. The van der Waals surface area contributed by atoms with Crippen molar-refractivity contribution in [1.82, 2.24) is 25.5 Å². The minimum absolute atomic E-state index is 0.00284. The maximum absolute atomic E-state index is 11.3. The summed E-state index contributed by atoms with van der Waals surface area (Å²) in [5.74, 6) is 0.245. The smallest absolute Gasteiger partial charge is 0.243 e. The van der Waals surface area contributed by atoms with Crippen LogP contribution in [0.1, 0.15) is 0 Å². The molecule has 0 aliphatic rings. The van der Waals surface area contributed by atoms with Crippen LogP contribution < -0.4 is 5.32 Å². The predicted molar refractivity (Wildman–Crippen MR) is 61.2 cm³/mol. The van der Waals surface area contributed by atoms with E-state index in [0.717, 1.165) is 5.56 Å². The fraction of sp³-hybridized carbons (Fsp3) is 0.333. The van der Waals surface area contributed by atoms with Gasteiger partial charge in [-0.1, -0.05) is 0 Å². The molecule has 17 heavy (non-hydrogen) atoms. The lowest BCUT2D eigenvalue weighted by atomic mass is 10.3. The minimum Gasteiger partial charge on any atom is -0.395 e. The summed E-state index contributed by atoms with van der Waals surface area (Å²) in [6, 6.07) is 1.89. The summed E-state index contributed by atoms with van der Waals surface area (Å²) >= 11 is 1.54. The second-order valence-corrected chi connectivity index (χ2v) is 4.01.